The van der Waals surface area contributed by atoms with Gasteiger partial charge in [0.1, 0.15) is 6.26 Å². The van der Waals surface area contributed by atoms with Crippen LogP contribution in [0.3, 0.4) is 0 Å². The van der Waals surface area contributed by atoms with Gasteiger partial charge >= 0.3 is 0 Å². The number of carbonyl (C=O) groups excluding carboxylic acids is 1. The molecule has 19 heavy (non-hydrogen) atoms. The fourth-order valence-electron chi connectivity index (χ4n) is 1.69. The van der Waals surface area contributed by atoms with Crippen molar-refractivity contribution in [3.63, 3.8) is 0 Å². The lowest BCUT2D eigenvalue weighted by Crippen LogP contribution is -2.23. The monoisotopic (exact) mass is 259 g/mol. The maximum Gasteiger partial charge on any atom is 0.251 e. The summed E-state index contributed by atoms with van der Waals surface area (Å²) in [5.74, 6) is 0.475. The Bertz CT molecular complexity index is 576. The molecule has 5 nitrogen and oxygen atoms in total. The molecule has 0 aliphatic rings. The first-order chi connectivity index (χ1) is 9.06. The number of carbonyl (C=O) groups is 1. The van der Waals surface area contributed by atoms with Gasteiger partial charge in [-0.1, -0.05) is 6.07 Å². The summed E-state index contributed by atoms with van der Waals surface area (Å²) < 4.78 is 5.08. The number of hydrogen-bond acceptors (Lipinski definition) is 4. The minimum Gasteiger partial charge on any atom is -0.449 e. The summed E-state index contributed by atoms with van der Waals surface area (Å²) in [6.45, 7) is 2.13. The van der Waals surface area contributed by atoms with Crippen molar-refractivity contribution in [1.29, 1.82) is 0 Å². The average Bonchev–Trinajstić information content (AvgIpc) is 2.82. The minimum absolute atomic E-state index is 0.121. The standard InChI is InChI=1S/C14H17N3O2/c1-10-16-12(9-19-10)8-15-14(18)11-5-4-6-13(7-11)17(2)3/h4-7,9H,8H2,1-3H3,(H,15,18). The number of rotatable bonds is 4. The SMILES string of the molecule is Cc1nc(CNC(=O)c2cccc(N(C)C)c2)co1. The van der Waals surface area contributed by atoms with Crippen LogP contribution in [0.4, 0.5) is 5.69 Å². The van der Waals surface area contributed by atoms with Crippen LogP contribution in [0.15, 0.2) is 34.9 Å². The molecular formula is C14H17N3O2. The lowest BCUT2D eigenvalue weighted by Gasteiger charge is -2.13. The summed E-state index contributed by atoms with van der Waals surface area (Å²) in [7, 11) is 3.88. The third kappa shape index (κ3) is 3.34. The molecule has 1 heterocycles. The summed E-state index contributed by atoms with van der Waals surface area (Å²) in [5.41, 5.74) is 2.34. The number of benzene rings is 1. The van der Waals surface area contributed by atoms with E-state index in [1.807, 2.05) is 37.2 Å². The molecule has 100 valence electrons. The van der Waals surface area contributed by atoms with Crippen LogP contribution in [0.5, 0.6) is 0 Å². The molecule has 2 rings (SSSR count). The van der Waals surface area contributed by atoms with Crippen LogP contribution in [0, 0.1) is 6.92 Å². The van der Waals surface area contributed by atoms with Crippen LogP contribution >= 0.6 is 0 Å². The Kier molecular flexibility index (Phi) is 3.85. The van der Waals surface area contributed by atoms with Gasteiger partial charge in [0.25, 0.3) is 5.91 Å². The minimum atomic E-state index is -0.121. The normalized spacial score (nSPS) is 10.3. The number of anilines is 1. The highest BCUT2D eigenvalue weighted by Gasteiger charge is 2.08. The lowest BCUT2D eigenvalue weighted by atomic mass is 10.2. The molecule has 0 bridgehead atoms. The maximum absolute atomic E-state index is 12.0. The Morgan fingerprint density at radius 2 is 2.21 bits per heavy atom. The van der Waals surface area contributed by atoms with Crippen molar-refractivity contribution in [1.82, 2.24) is 10.3 Å². The van der Waals surface area contributed by atoms with E-state index in [4.69, 9.17) is 4.42 Å². The third-order valence-electron chi connectivity index (χ3n) is 2.72. The van der Waals surface area contributed by atoms with Gasteiger partial charge in [-0.15, -0.1) is 0 Å². The third-order valence-corrected chi connectivity index (χ3v) is 2.72. The average molecular weight is 259 g/mol. The largest absolute Gasteiger partial charge is 0.449 e. The van der Waals surface area contributed by atoms with E-state index in [-0.39, 0.29) is 5.91 Å². The number of aryl methyl sites for hydroxylation is 1. The molecule has 2 aromatic rings. The molecule has 0 fully saturated rings. The van der Waals surface area contributed by atoms with Crippen LogP contribution in [0.25, 0.3) is 0 Å². The number of oxazole rings is 1. The van der Waals surface area contributed by atoms with Crippen molar-refractivity contribution in [2.75, 3.05) is 19.0 Å². The summed E-state index contributed by atoms with van der Waals surface area (Å²) >= 11 is 0. The van der Waals surface area contributed by atoms with E-state index in [0.717, 1.165) is 11.4 Å². The molecule has 5 heteroatoms. The molecule has 1 N–H and O–H groups in total. The van der Waals surface area contributed by atoms with Crippen molar-refractivity contribution in [2.24, 2.45) is 0 Å². The van der Waals surface area contributed by atoms with E-state index >= 15 is 0 Å². The molecule has 0 saturated carbocycles. The second-order valence-electron chi connectivity index (χ2n) is 4.49. The Balaban J connectivity index is 2.01. The Labute approximate surface area is 112 Å². The molecule has 0 aliphatic heterocycles. The molecule has 0 radical (unpaired) electrons. The van der Waals surface area contributed by atoms with Crippen LogP contribution in [0.1, 0.15) is 21.9 Å². The van der Waals surface area contributed by atoms with Crippen LogP contribution < -0.4 is 10.2 Å². The highest BCUT2D eigenvalue weighted by molar-refractivity contribution is 5.95. The first-order valence-corrected chi connectivity index (χ1v) is 6.03. The quantitative estimate of drug-likeness (QED) is 0.912. The predicted octanol–water partition coefficient (Wildman–Crippen LogP) is 1.98. The number of hydrogen-bond donors (Lipinski definition) is 1. The highest BCUT2D eigenvalue weighted by Crippen LogP contribution is 2.13. The molecule has 0 saturated heterocycles. The molecule has 0 spiro atoms. The van der Waals surface area contributed by atoms with Gasteiger partial charge < -0.3 is 14.6 Å². The van der Waals surface area contributed by atoms with Gasteiger partial charge in [-0.05, 0) is 18.2 Å². The topological polar surface area (TPSA) is 58.4 Å². The van der Waals surface area contributed by atoms with Gasteiger partial charge in [0.15, 0.2) is 5.89 Å². The second-order valence-corrected chi connectivity index (χ2v) is 4.49. The zero-order valence-corrected chi connectivity index (χ0v) is 11.3. The van der Waals surface area contributed by atoms with Crippen LogP contribution in [0.2, 0.25) is 0 Å². The Morgan fingerprint density at radius 3 is 2.84 bits per heavy atom. The lowest BCUT2D eigenvalue weighted by molar-refractivity contribution is 0.0950. The first kappa shape index (κ1) is 13.1. The molecular weight excluding hydrogens is 242 g/mol. The number of nitrogens with zero attached hydrogens (tertiary/aromatic N) is 2. The van der Waals surface area contributed by atoms with Crippen molar-refractivity contribution < 1.29 is 9.21 Å². The van der Waals surface area contributed by atoms with E-state index in [1.165, 1.54) is 0 Å². The molecule has 0 unspecified atom stereocenters. The van der Waals surface area contributed by atoms with Gasteiger partial charge in [0.05, 0.1) is 12.2 Å². The molecule has 1 aromatic carbocycles. The van der Waals surface area contributed by atoms with E-state index < -0.39 is 0 Å². The summed E-state index contributed by atoms with van der Waals surface area (Å²) in [6, 6.07) is 7.46. The number of aromatic nitrogens is 1. The van der Waals surface area contributed by atoms with Gasteiger partial charge in [-0.3, -0.25) is 4.79 Å². The summed E-state index contributed by atoms with van der Waals surface area (Å²) in [4.78, 5) is 18.1. The molecule has 0 aliphatic carbocycles. The zero-order chi connectivity index (χ0) is 13.8. The van der Waals surface area contributed by atoms with Crippen LogP contribution in [-0.2, 0) is 6.54 Å². The molecule has 0 atom stereocenters. The smallest absolute Gasteiger partial charge is 0.251 e. The van der Waals surface area contributed by atoms with Crippen molar-refractivity contribution in [3.05, 3.63) is 47.7 Å². The van der Waals surface area contributed by atoms with Crippen molar-refractivity contribution >= 4 is 11.6 Å². The molecule has 1 amide bonds. The van der Waals surface area contributed by atoms with E-state index in [2.05, 4.69) is 10.3 Å². The number of amides is 1. The first-order valence-electron chi connectivity index (χ1n) is 6.03. The maximum atomic E-state index is 12.0. The Hall–Kier alpha value is -2.30. The van der Waals surface area contributed by atoms with Gasteiger partial charge in [-0.2, -0.15) is 0 Å². The van der Waals surface area contributed by atoms with E-state index in [9.17, 15) is 4.79 Å². The highest BCUT2D eigenvalue weighted by atomic mass is 16.3. The van der Waals surface area contributed by atoms with E-state index in [0.29, 0.717) is 18.0 Å². The van der Waals surface area contributed by atoms with Crippen molar-refractivity contribution in [3.8, 4) is 0 Å². The summed E-state index contributed by atoms with van der Waals surface area (Å²) in [5, 5.41) is 2.81. The van der Waals surface area contributed by atoms with Crippen LogP contribution in [-0.4, -0.2) is 25.0 Å². The van der Waals surface area contributed by atoms with Gasteiger partial charge in [0, 0.05) is 32.3 Å². The zero-order valence-electron chi connectivity index (χ0n) is 11.3. The Morgan fingerprint density at radius 1 is 1.42 bits per heavy atom. The fourth-order valence-corrected chi connectivity index (χ4v) is 1.69. The van der Waals surface area contributed by atoms with E-state index in [1.54, 1.807) is 19.3 Å². The fraction of sp³-hybridized carbons (Fsp3) is 0.286. The number of nitrogens with one attached hydrogen (secondary N) is 1. The van der Waals surface area contributed by atoms with Crippen molar-refractivity contribution in [2.45, 2.75) is 13.5 Å². The predicted molar refractivity (Wildman–Crippen MR) is 73.2 cm³/mol. The summed E-state index contributed by atoms with van der Waals surface area (Å²) in [6.07, 6.45) is 1.55. The van der Waals surface area contributed by atoms with Gasteiger partial charge in [0.2, 0.25) is 0 Å². The molecule has 1 aromatic heterocycles. The van der Waals surface area contributed by atoms with Gasteiger partial charge in [-0.25, -0.2) is 4.98 Å². The second kappa shape index (κ2) is 5.56.